The van der Waals surface area contributed by atoms with Crippen molar-refractivity contribution < 1.29 is 4.79 Å². The molecule has 0 saturated heterocycles. The van der Waals surface area contributed by atoms with E-state index < -0.39 is 0 Å². The van der Waals surface area contributed by atoms with Crippen molar-refractivity contribution in [1.29, 1.82) is 0 Å². The van der Waals surface area contributed by atoms with Gasteiger partial charge in [0.05, 0.1) is 0 Å². The summed E-state index contributed by atoms with van der Waals surface area (Å²) in [7, 11) is 1.74. The number of amides is 1. The number of carbonyl (C=O) groups excluding carboxylic acids is 1. The SMILES string of the molecule is CN=C(NCCNC(=O)CC1CCCCC1)NCCc1ccc(Cl)nc1.I. The predicted octanol–water partition coefficient (Wildman–Crippen LogP) is 3.15. The van der Waals surface area contributed by atoms with Crippen molar-refractivity contribution in [2.24, 2.45) is 10.9 Å². The second kappa shape index (κ2) is 14.0. The number of aromatic nitrogens is 1. The van der Waals surface area contributed by atoms with Gasteiger partial charge >= 0.3 is 0 Å². The van der Waals surface area contributed by atoms with Gasteiger partial charge in [-0.25, -0.2) is 4.98 Å². The zero-order valence-corrected chi connectivity index (χ0v) is 19.1. The predicted molar refractivity (Wildman–Crippen MR) is 122 cm³/mol. The van der Waals surface area contributed by atoms with Crippen molar-refractivity contribution in [3.63, 3.8) is 0 Å². The number of carbonyl (C=O) groups is 1. The number of nitrogens with one attached hydrogen (secondary N) is 3. The topological polar surface area (TPSA) is 78.4 Å². The molecule has 1 heterocycles. The van der Waals surface area contributed by atoms with Gasteiger partial charge in [0.2, 0.25) is 5.91 Å². The summed E-state index contributed by atoms with van der Waals surface area (Å²) in [6.45, 7) is 2.00. The molecule has 2 rings (SSSR count). The van der Waals surface area contributed by atoms with Gasteiger partial charge in [0, 0.05) is 39.3 Å². The molecule has 152 valence electrons. The third-order valence-corrected chi connectivity index (χ3v) is 4.88. The van der Waals surface area contributed by atoms with Gasteiger partial charge in [0.15, 0.2) is 5.96 Å². The second-order valence-corrected chi connectivity index (χ2v) is 7.11. The standard InChI is InChI=1S/C19H30ClN5O.HI/c1-21-19(23-10-9-16-7-8-17(20)25-14-16)24-12-11-22-18(26)13-15-5-3-2-4-6-15;/h7-8,14-15H,2-6,9-13H2,1H3,(H,22,26)(H2,21,23,24);1H. The summed E-state index contributed by atoms with van der Waals surface area (Å²) >= 11 is 5.78. The Morgan fingerprint density at radius 2 is 1.85 bits per heavy atom. The number of hydrogen-bond acceptors (Lipinski definition) is 3. The van der Waals surface area contributed by atoms with Crippen molar-refractivity contribution >= 4 is 47.4 Å². The molecule has 1 aliphatic rings. The molecule has 0 aromatic carbocycles. The van der Waals surface area contributed by atoms with Crippen LogP contribution in [0, 0.1) is 5.92 Å². The molecule has 1 aliphatic carbocycles. The maximum atomic E-state index is 12.0. The highest BCUT2D eigenvalue weighted by molar-refractivity contribution is 14.0. The van der Waals surface area contributed by atoms with Crippen LogP contribution in [0.15, 0.2) is 23.3 Å². The van der Waals surface area contributed by atoms with Crippen LogP contribution in [-0.2, 0) is 11.2 Å². The van der Waals surface area contributed by atoms with E-state index in [0.29, 0.717) is 30.6 Å². The van der Waals surface area contributed by atoms with E-state index in [0.717, 1.165) is 24.5 Å². The van der Waals surface area contributed by atoms with Gasteiger partial charge < -0.3 is 16.0 Å². The molecule has 27 heavy (non-hydrogen) atoms. The van der Waals surface area contributed by atoms with E-state index in [4.69, 9.17) is 11.6 Å². The first-order chi connectivity index (χ1) is 12.7. The van der Waals surface area contributed by atoms with Crippen LogP contribution in [0.4, 0.5) is 0 Å². The molecule has 0 unspecified atom stereocenters. The minimum Gasteiger partial charge on any atom is -0.356 e. The molecule has 1 amide bonds. The number of pyridine rings is 1. The van der Waals surface area contributed by atoms with Crippen LogP contribution in [0.3, 0.4) is 0 Å². The fraction of sp³-hybridized carbons (Fsp3) is 0.632. The zero-order valence-electron chi connectivity index (χ0n) is 16.0. The average molecular weight is 508 g/mol. The van der Waals surface area contributed by atoms with Crippen LogP contribution < -0.4 is 16.0 Å². The molecule has 1 aromatic heterocycles. The largest absolute Gasteiger partial charge is 0.356 e. The highest BCUT2D eigenvalue weighted by Crippen LogP contribution is 2.25. The smallest absolute Gasteiger partial charge is 0.220 e. The zero-order chi connectivity index (χ0) is 18.6. The van der Waals surface area contributed by atoms with Crippen LogP contribution in [0.5, 0.6) is 0 Å². The van der Waals surface area contributed by atoms with Gasteiger partial charge in [0.1, 0.15) is 5.15 Å². The van der Waals surface area contributed by atoms with E-state index in [1.165, 1.54) is 32.1 Å². The minimum atomic E-state index is 0. The Bertz CT molecular complexity index is 576. The first-order valence-corrected chi connectivity index (χ1v) is 9.87. The summed E-state index contributed by atoms with van der Waals surface area (Å²) in [6, 6.07) is 3.76. The van der Waals surface area contributed by atoms with Gasteiger partial charge in [-0.2, -0.15) is 0 Å². The minimum absolute atomic E-state index is 0. The number of nitrogens with zero attached hydrogens (tertiary/aromatic N) is 2. The molecule has 6 nitrogen and oxygen atoms in total. The van der Waals surface area contributed by atoms with Gasteiger partial charge in [-0.15, -0.1) is 24.0 Å². The third kappa shape index (κ3) is 10.1. The fourth-order valence-electron chi connectivity index (χ4n) is 3.21. The van der Waals surface area contributed by atoms with Crippen molar-refractivity contribution in [3.8, 4) is 0 Å². The lowest BCUT2D eigenvalue weighted by Crippen LogP contribution is -2.42. The Kier molecular flexibility index (Phi) is 12.4. The Hall–Kier alpha value is -1.09. The lowest BCUT2D eigenvalue weighted by Gasteiger charge is -2.20. The molecule has 0 spiro atoms. The van der Waals surface area contributed by atoms with E-state index in [1.54, 1.807) is 19.3 Å². The number of aliphatic imine (C=N–C) groups is 1. The van der Waals surface area contributed by atoms with Crippen LogP contribution in [0.2, 0.25) is 5.15 Å². The Labute approximate surface area is 184 Å². The van der Waals surface area contributed by atoms with Gasteiger partial charge in [-0.1, -0.05) is 36.9 Å². The molecule has 0 radical (unpaired) electrons. The first-order valence-electron chi connectivity index (χ1n) is 9.49. The van der Waals surface area contributed by atoms with E-state index >= 15 is 0 Å². The number of hydrogen-bond donors (Lipinski definition) is 3. The summed E-state index contributed by atoms with van der Waals surface area (Å²) in [4.78, 5) is 20.2. The third-order valence-electron chi connectivity index (χ3n) is 4.66. The molecule has 0 bridgehead atoms. The first kappa shape index (κ1) is 23.9. The van der Waals surface area contributed by atoms with E-state index in [2.05, 4.69) is 25.9 Å². The lowest BCUT2D eigenvalue weighted by molar-refractivity contribution is -0.122. The molecule has 1 saturated carbocycles. The molecular weight excluding hydrogens is 477 g/mol. The molecule has 1 fully saturated rings. The lowest BCUT2D eigenvalue weighted by atomic mass is 9.87. The highest BCUT2D eigenvalue weighted by Gasteiger charge is 2.16. The maximum Gasteiger partial charge on any atom is 0.220 e. The van der Waals surface area contributed by atoms with Gasteiger partial charge in [0.25, 0.3) is 0 Å². The quantitative estimate of drug-likeness (QED) is 0.166. The Balaban J connectivity index is 0.00000364. The van der Waals surface area contributed by atoms with Crippen molar-refractivity contribution in [1.82, 2.24) is 20.9 Å². The van der Waals surface area contributed by atoms with E-state index in [1.807, 2.05) is 6.07 Å². The fourth-order valence-corrected chi connectivity index (χ4v) is 3.32. The summed E-state index contributed by atoms with van der Waals surface area (Å²) in [5.74, 6) is 1.47. The summed E-state index contributed by atoms with van der Waals surface area (Å²) in [5, 5.41) is 9.96. The highest BCUT2D eigenvalue weighted by atomic mass is 127. The number of guanidine groups is 1. The van der Waals surface area contributed by atoms with E-state index in [-0.39, 0.29) is 29.9 Å². The average Bonchev–Trinajstić information content (AvgIpc) is 2.66. The molecule has 0 atom stereocenters. The number of halogens is 2. The van der Waals surface area contributed by atoms with Crippen molar-refractivity contribution in [2.45, 2.75) is 44.9 Å². The van der Waals surface area contributed by atoms with Gasteiger partial charge in [-0.3, -0.25) is 9.79 Å². The van der Waals surface area contributed by atoms with Crippen LogP contribution in [-0.4, -0.2) is 43.5 Å². The van der Waals surface area contributed by atoms with Crippen LogP contribution in [0.25, 0.3) is 0 Å². The normalized spacial score (nSPS) is 15.0. The van der Waals surface area contributed by atoms with Crippen molar-refractivity contribution in [3.05, 3.63) is 29.0 Å². The van der Waals surface area contributed by atoms with Gasteiger partial charge in [-0.05, 0) is 36.8 Å². The van der Waals surface area contributed by atoms with Crippen LogP contribution >= 0.6 is 35.6 Å². The number of rotatable bonds is 8. The van der Waals surface area contributed by atoms with Crippen molar-refractivity contribution in [2.75, 3.05) is 26.7 Å². The van der Waals surface area contributed by atoms with Crippen LogP contribution in [0.1, 0.15) is 44.1 Å². The molecular formula is C19H31ClIN5O. The maximum absolute atomic E-state index is 12.0. The molecule has 0 aliphatic heterocycles. The van der Waals surface area contributed by atoms with E-state index in [9.17, 15) is 4.79 Å². The second-order valence-electron chi connectivity index (χ2n) is 6.72. The molecule has 3 N–H and O–H groups in total. The monoisotopic (exact) mass is 507 g/mol. The summed E-state index contributed by atoms with van der Waals surface area (Å²) < 4.78 is 0. The summed E-state index contributed by atoms with van der Waals surface area (Å²) in [6.07, 6.45) is 9.55. The molecule has 1 aromatic rings. The Morgan fingerprint density at radius 3 is 2.52 bits per heavy atom. The Morgan fingerprint density at radius 1 is 1.15 bits per heavy atom. The molecule has 8 heteroatoms. The summed E-state index contributed by atoms with van der Waals surface area (Å²) in [5.41, 5.74) is 1.12.